The van der Waals surface area contributed by atoms with Gasteiger partial charge in [0.15, 0.2) is 0 Å². The summed E-state index contributed by atoms with van der Waals surface area (Å²) in [7, 11) is 1.43. The summed E-state index contributed by atoms with van der Waals surface area (Å²) >= 11 is 0. The second-order valence-electron chi connectivity index (χ2n) is 8.00. The molecule has 3 heterocycles. The highest BCUT2D eigenvalue weighted by atomic mass is 16.5. The normalized spacial score (nSPS) is 35.4. The molecule has 0 unspecified atom stereocenters. The van der Waals surface area contributed by atoms with Gasteiger partial charge in [-0.15, -0.1) is 0 Å². The highest BCUT2D eigenvalue weighted by molar-refractivity contribution is 5.93. The quantitative estimate of drug-likeness (QED) is 0.631. The van der Waals surface area contributed by atoms with Crippen molar-refractivity contribution >= 4 is 11.7 Å². The number of nitrogens with zero attached hydrogens (tertiary/aromatic N) is 1. The number of para-hydroxylation sites is 1. The van der Waals surface area contributed by atoms with Crippen LogP contribution in [0.1, 0.15) is 25.3 Å². The molecule has 0 saturated carbocycles. The van der Waals surface area contributed by atoms with Crippen molar-refractivity contribution in [3.8, 4) is 0 Å². The fourth-order valence-corrected chi connectivity index (χ4v) is 6.00. The van der Waals surface area contributed by atoms with Crippen LogP contribution in [-0.4, -0.2) is 48.3 Å². The largest absolute Gasteiger partial charge is 0.466 e. The number of carbonyl (C=O) groups is 1. The molecule has 1 aromatic carbocycles. The summed E-state index contributed by atoms with van der Waals surface area (Å²) in [5.74, 6) is -0.296. The topological polar surface area (TPSA) is 61.8 Å². The molecule has 5 nitrogen and oxygen atoms in total. The monoisotopic (exact) mass is 352 g/mol. The predicted octanol–water partition coefficient (Wildman–Crippen LogP) is 2.19. The first-order valence-electron chi connectivity index (χ1n) is 9.33. The molecule has 1 aromatic rings. The van der Waals surface area contributed by atoms with Crippen LogP contribution in [0.25, 0.3) is 0 Å². The highest BCUT2D eigenvalue weighted by Crippen LogP contribution is 2.64. The van der Waals surface area contributed by atoms with E-state index in [1.54, 1.807) is 0 Å². The van der Waals surface area contributed by atoms with Gasteiger partial charge in [-0.2, -0.15) is 0 Å². The third kappa shape index (κ3) is 1.70. The molecule has 1 aliphatic carbocycles. The number of carbonyl (C=O) groups excluding carboxylic acids is 1. The summed E-state index contributed by atoms with van der Waals surface area (Å²) in [6, 6.07) is 8.48. The Morgan fingerprint density at radius 3 is 3.00 bits per heavy atom. The number of hydrogen-bond acceptors (Lipinski definition) is 5. The van der Waals surface area contributed by atoms with E-state index in [2.05, 4.69) is 40.6 Å². The van der Waals surface area contributed by atoms with Crippen molar-refractivity contribution in [2.45, 2.75) is 37.3 Å². The zero-order chi connectivity index (χ0) is 18.1. The van der Waals surface area contributed by atoms with E-state index >= 15 is 0 Å². The molecule has 4 atom stereocenters. The molecular formula is C21H24N2O3. The zero-order valence-electron chi connectivity index (χ0n) is 15.2. The zero-order valence-corrected chi connectivity index (χ0v) is 15.2. The van der Waals surface area contributed by atoms with E-state index in [4.69, 9.17) is 4.74 Å². The molecule has 5 heteroatoms. The number of ether oxygens (including phenoxy) is 1. The minimum atomic E-state index is -0.560. The van der Waals surface area contributed by atoms with Crippen molar-refractivity contribution in [3.63, 3.8) is 0 Å². The Labute approximate surface area is 153 Å². The molecule has 4 aliphatic rings. The number of anilines is 1. The van der Waals surface area contributed by atoms with Crippen LogP contribution < -0.4 is 5.32 Å². The SMILES string of the molecule is COC(=O)C1=C2Nc3ccccc3[C@@]23CCN2CC=C[C@@]([C@@H](C)O)(C1)[C@H]23. The van der Waals surface area contributed by atoms with Crippen LogP contribution >= 0.6 is 0 Å². The van der Waals surface area contributed by atoms with Crippen molar-refractivity contribution in [1.29, 1.82) is 0 Å². The lowest BCUT2D eigenvalue weighted by Gasteiger charge is -2.55. The first-order valence-corrected chi connectivity index (χ1v) is 9.33. The van der Waals surface area contributed by atoms with E-state index in [0.29, 0.717) is 12.0 Å². The number of rotatable bonds is 2. The Kier molecular flexibility index (Phi) is 3.22. The first kappa shape index (κ1) is 16.1. The maximum Gasteiger partial charge on any atom is 0.335 e. The van der Waals surface area contributed by atoms with E-state index in [-0.39, 0.29) is 17.4 Å². The number of fused-ring (bicyclic) bond motifs is 1. The molecule has 26 heavy (non-hydrogen) atoms. The van der Waals surface area contributed by atoms with Crippen LogP contribution in [0.15, 0.2) is 47.7 Å². The predicted molar refractivity (Wildman–Crippen MR) is 98.6 cm³/mol. The van der Waals surface area contributed by atoms with Crippen LogP contribution in [0.3, 0.4) is 0 Å². The Hall–Kier alpha value is -2.11. The van der Waals surface area contributed by atoms with Crippen LogP contribution in [0.2, 0.25) is 0 Å². The molecule has 2 N–H and O–H groups in total. The minimum absolute atomic E-state index is 0.138. The second kappa shape index (κ2) is 5.21. The molecule has 0 aromatic heterocycles. The maximum atomic E-state index is 12.7. The van der Waals surface area contributed by atoms with E-state index < -0.39 is 11.5 Å². The van der Waals surface area contributed by atoms with Gasteiger partial charge in [-0.05, 0) is 31.4 Å². The van der Waals surface area contributed by atoms with Crippen molar-refractivity contribution in [2.75, 3.05) is 25.5 Å². The molecule has 0 radical (unpaired) electrons. The van der Waals surface area contributed by atoms with E-state index in [0.717, 1.165) is 30.9 Å². The average Bonchev–Trinajstić information content (AvgIpc) is 3.21. The van der Waals surface area contributed by atoms with Crippen LogP contribution in [-0.2, 0) is 14.9 Å². The summed E-state index contributed by atoms with van der Waals surface area (Å²) < 4.78 is 5.15. The third-order valence-electron chi connectivity index (χ3n) is 7.01. The van der Waals surface area contributed by atoms with Gasteiger partial charge < -0.3 is 15.2 Å². The first-order chi connectivity index (χ1) is 12.5. The van der Waals surface area contributed by atoms with Gasteiger partial charge in [-0.1, -0.05) is 30.4 Å². The average molecular weight is 352 g/mol. The summed E-state index contributed by atoms with van der Waals surface area (Å²) in [5.41, 5.74) is 3.20. The van der Waals surface area contributed by atoms with E-state index in [1.165, 1.54) is 12.7 Å². The lowest BCUT2D eigenvalue weighted by Crippen LogP contribution is -2.62. The van der Waals surface area contributed by atoms with Gasteiger partial charge in [0.25, 0.3) is 0 Å². The van der Waals surface area contributed by atoms with Gasteiger partial charge in [-0.25, -0.2) is 4.79 Å². The fourth-order valence-electron chi connectivity index (χ4n) is 6.00. The third-order valence-corrected chi connectivity index (χ3v) is 7.01. The van der Waals surface area contributed by atoms with Crippen molar-refractivity contribution < 1.29 is 14.6 Å². The Balaban J connectivity index is 1.84. The van der Waals surface area contributed by atoms with E-state index in [9.17, 15) is 9.90 Å². The van der Waals surface area contributed by atoms with Gasteiger partial charge in [0, 0.05) is 35.9 Å². The van der Waals surface area contributed by atoms with Gasteiger partial charge in [0.2, 0.25) is 0 Å². The Bertz CT molecular complexity index is 859. The lowest BCUT2D eigenvalue weighted by atomic mass is 9.54. The van der Waals surface area contributed by atoms with Crippen molar-refractivity contribution in [3.05, 3.63) is 53.3 Å². The molecule has 5 rings (SSSR count). The number of nitrogens with one attached hydrogen (secondary N) is 1. The van der Waals surface area contributed by atoms with Crippen LogP contribution in [0, 0.1) is 5.41 Å². The maximum absolute atomic E-state index is 12.7. The van der Waals surface area contributed by atoms with Crippen molar-refractivity contribution in [1.82, 2.24) is 4.90 Å². The minimum Gasteiger partial charge on any atom is -0.466 e. The highest BCUT2D eigenvalue weighted by Gasteiger charge is 2.67. The van der Waals surface area contributed by atoms with Gasteiger partial charge in [0.1, 0.15) is 0 Å². The van der Waals surface area contributed by atoms with Crippen LogP contribution in [0.5, 0.6) is 0 Å². The number of methoxy groups -OCH3 is 1. The summed E-state index contributed by atoms with van der Waals surface area (Å²) in [4.78, 5) is 15.2. The fraction of sp³-hybridized carbons (Fsp3) is 0.476. The molecule has 1 spiro atoms. The smallest absolute Gasteiger partial charge is 0.335 e. The number of esters is 1. The van der Waals surface area contributed by atoms with Crippen LogP contribution in [0.4, 0.5) is 5.69 Å². The number of hydrogen-bond donors (Lipinski definition) is 2. The Morgan fingerprint density at radius 1 is 1.42 bits per heavy atom. The van der Waals surface area contributed by atoms with Gasteiger partial charge in [0.05, 0.1) is 24.2 Å². The van der Waals surface area contributed by atoms with E-state index in [1.807, 2.05) is 13.0 Å². The summed E-state index contributed by atoms with van der Waals surface area (Å²) in [6.07, 6.45) is 5.18. The molecule has 3 aliphatic heterocycles. The second-order valence-corrected chi connectivity index (χ2v) is 8.00. The Morgan fingerprint density at radius 2 is 2.23 bits per heavy atom. The summed E-state index contributed by atoms with van der Waals surface area (Å²) in [6.45, 7) is 3.70. The molecule has 136 valence electrons. The summed E-state index contributed by atoms with van der Waals surface area (Å²) in [5, 5.41) is 14.4. The lowest BCUT2D eigenvalue weighted by molar-refractivity contribution is -0.137. The van der Waals surface area contributed by atoms with Gasteiger partial charge in [-0.3, -0.25) is 4.90 Å². The molecule has 1 fully saturated rings. The molecule has 1 saturated heterocycles. The number of aliphatic hydroxyl groups excluding tert-OH is 1. The molecule has 0 amide bonds. The van der Waals surface area contributed by atoms with Gasteiger partial charge >= 0.3 is 5.97 Å². The van der Waals surface area contributed by atoms with Crippen molar-refractivity contribution in [2.24, 2.45) is 5.41 Å². The number of aliphatic hydroxyl groups is 1. The molecule has 0 bridgehead atoms. The standard InChI is InChI=1S/C21H24N2O3/c1-13(24)20-8-5-10-23-11-9-21(19(20)23)15-6-3-4-7-16(15)22-17(21)14(12-20)18(25)26-2/h3-8,13,19,22,24H,9-12H2,1-2H3/t13-,19+,20+,21+/m1/s1. The molecular weight excluding hydrogens is 328 g/mol. The number of benzene rings is 1.